The second kappa shape index (κ2) is 5.86. The molecule has 1 aliphatic rings. The van der Waals surface area contributed by atoms with Gasteiger partial charge in [0, 0.05) is 10.7 Å². The maximum absolute atomic E-state index is 11.6. The van der Waals surface area contributed by atoms with E-state index < -0.39 is 11.9 Å². The van der Waals surface area contributed by atoms with Crippen LogP contribution >= 0.6 is 11.6 Å². The number of carbonyl (C=O) groups is 1. The van der Waals surface area contributed by atoms with Crippen LogP contribution in [-0.4, -0.2) is 16.1 Å². The number of benzene rings is 1. The summed E-state index contributed by atoms with van der Waals surface area (Å²) in [4.78, 5) is 16.2. The molecule has 21 heavy (non-hydrogen) atoms. The standard InChI is InChI=1S/C17H16ClNO2/c18-13-5-1-3-11(9-13)10-14(17(20)21)16-8-7-12-4-2-6-15(12)19-16/h1,3,5,7-9,14H,2,4,6,10H2,(H,20,21). The predicted molar refractivity (Wildman–Crippen MR) is 81.8 cm³/mol. The fourth-order valence-corrected chi connectivity index (χ4v) is 3.06. The molecule has 0 bridgehead atoms. The first-order valence-corrected chi connectivity index (χ1v) is 7.47. The molecule has 108 valence electrons. The molecule has 1 atom stereocenters. The van der Waals surface area contributed by atoms with Crippen molar-refractivity contribution in [1.29, 1.82) is 0 Å². The van der Waals surface area contributed by atoms with Crippen molar-refractivity contribution in [3.8, 4) is 0 Å². The van der Waals surface area contributed by atoms with Gasteiger partial charge in [0.15, 0.2) is 0 Å². The lowest BCUT2D eigenvalue weighted by molar-refractivity contribution is -0.138. The van der Waals surface area contributed by atoms with Gasteiger partial charge >= 0.3 is 5.97 Å². The van der Waals surface area contributed by atoms with Crippen molar-refractivity contribution in [1.82, 2.24) is 4.98 Å². The third-order valence-electron chi connectivity index (χ3n) is 3.93. The number of carboxylic acid groups (broad SMARTS) is 1. The number of pyridine rings is 1. The molecule has 1 heterocycles. The quantitative estimate of drug-likeness (QED) is 0.938. The lowest BCUT2D eigenvalue weighted by Crippen LogP contribution is -2.16. The molecule has 1 aromatic carbocycles. The van der Waals surface area contributed by atoms with Crippen molar-refractivity contribution in [2.24, 2.45) is 0 Å². The molecule has 1 aliphatic carbocycles. The van der Waals surface area contributed by atoms with Crippen LogP contribution in [0.5, 0.6) is 0 Å². The van der Waals surface area contributed by atoms with Crippen molar-refractivity contribution in [2.45, 2.75) is 31.6 Å². The molecule has 1 N–H and O–H groups in total. The highest BCUT2D eigenvalue weighted by atomic mass is 35.5. The topological polar surface area (TPSA) is 50.2 Å². The van der Waals surface area contributed by atoms with Gasteiger partial charge in [0.05, 0.1) is 5.69 Å². The van der Waals surface area contributed by atoms with Gasteiger partial charge in [0.25, 0.3) is 0 Å². The van der Waals surface area contributed by atoms with Gasteiger partial charge in [-0.1, -0.05) is 29.8 Å². The second-order valence-electron chi connectivity index (χ2n) is 5.42. The lowest BCUT2D eigenvalue weighted by atomic mass is 9.95. The third kappa shape index (κ3) is 3.08. The van der Waals surface area contributed by atoms with Crippen molar-refractivity contribution < 1.29 is 9.90 Å². The lowest BCUT2D eigenvalue weighted by Gasteiger charge is -2.13. The summed E-state index contributed by atoms with van der Waals surface area (Å²) < 4.78 is 0. The number of aryl methyl sites for hydroxylation is 2. The number of rotatable bonds is 4. The van der Waals surface area contributed by atoms with Gasteiger partial charge in [-0.15, -0.1) is 0 Å². The van der Waals surface area contributed by atoms with Gasteiger partial charge < -0.3 is 5.11 Å². The average Bonchev–Trinajstić information content (AvgIpc) is 2.92. The Morgan fingerprint density at radius 3 is 2.90 bits per heavy atom. The number of fused-ring (bicyclic) bond motifs is 1. The minimum Gasteiger partial charge on any atom is -0.481 e. The van der Waals surface area contributed by atoms with Gasteiger partial charge in [-0.2, -0.15) is 0 Å². The van der Waals surface area contributed by atoms with Crippen LogP contribution in [0.15, 0.2) is 36.4 Å². The van der Waals surface area contributed by atoms with Gasteiger partial charge in [-0.25, -0.2) is 0 Å². The highest BCUT2D eigenvalue weighted by molar-refractivity contribution is 6.30. The van der Waals surface area contributed by atoms with E-state index in [9.17, 15) is 9.90 Å². The van der Waals surface area contributed by atoms with Gasteiger partial charge in [-0.3, -0.25) is 9.78 Å². The minimum absolute atomic E-state index is 0.404. The molecule has 0 aliphatic heterocycles. The number of aromatic nitrogens is 1. The summed E-state index contributed by atoms with van der Waals surface area (Å²) in [6, 6.07) is 11.2. The van der Waals surface area contributed by atoms with E-state index in [4.69, 9.17) is 11.6 Å². The van der Waals surface area contributed by atoms with E-state index in [1.54, 1.807) is 6.07 Å². The zero-order valence-electron chi connectivity index (χ0n) is 11.6. The van der Waals surface area contributed by atoms with E-state index in [1.807, 2.05) is 30.3 Å². The molecule has 0 spiro atoms. The summed E-state index contributed by atoms with van der Waals surface area (Å²) in [6.45, 7) is 0. The van der Waals surface area contributed by atoms with Crippen LogP contribution in [0.3, 0.4) is 0 Å². The Morgan fingerprint density at radius 1 is 1.29 bits per heavy atom. The molecule has 3 nitrogen and oxygen atoms in total. The smallest absolute Gasteiger partial charge is 0.312 e. The highest BCUT2D eigenvalue weighted by Crippen LogP contribution is 2.26. The van der Waals surface area contributed by atoms with E-state index in [0.717, 1.165) is 30.5 Å². The first-order chi connectivity index (χ1) is 10.1. The van der Waals surface area contributed by atoms with Crippen LogP contribution in [0, 0.1) is 0 Å². The van der Waals surface area contributed by atoms with E-state index in [2.05, 4.69) is 4.98 Å². The third-order valence-corrected chi connectivity index (χ3v) is 4.17. The normalized spacial score (nSPS) is 14.7. The van der Waals surface area contributed by atoms with E-state index >= 15 is 0 Å². The fourth-order valence-electron chi connectivity index (χ4n) is 2.85. The minimum atomic E-state index is -0.847. The van der Waals surface area contributed by atoms with Gasteiger partial charge in [-0.05, 0) is 55.0 Å². The number of carboxylic acids is 1. The first kappa shape index (κ1) is 14.1. The molecule has 0 radical (unpaired) electrons. The van der Waals surface area contributed by atoms with Crippen molar-refractivity contribution in [3.05, 3.63) is 63.9 Å². The van der Waals surface area contributed by atoms with E-state index in [1.165, 1.54) is 5.56 Å². The Hall–Kier alpha value is -1.87. The Bertz CT molecular complexity index is 684. The molecule has 0 saturated heterocycles. The Labute approximate surface area is 128 Å². The number of nitrogens with zero attached hydrogens (tertiary/aromatic N) is 1. The molecule has 1 unspecified atom stereocenters. The summed E-state index contributed by atoms with van der Waals surface area (Å²) in [5.41, 5.74) is 3.87. The van der Waals surface area contributed by atoms with E-state index in [-0.39, 0.29) is 0 Å². The zero-order valence-corrected chi connectivity index (χ0v) is 12.3. The van der Waals surface area contributed by atoms with Crippen LogP contribution in [0.25, 0.3) is 0 Å². The molecule has 0 fully saturated rings. The largest absolute Gasteiger partial charge is 0.481 e. The maximum Gasteiger partial charge on any atom is 0.312 e. The maximum atomic E-state index is 11.6. The monoisotopic (exact) mass is 301 g/mol. The molecular weight excluding hydrogens is 286 g/mol. The van der Waals surface area contributed by atoms with Crippen molar-refractivity contribution >= 4 is 17.6 Å². The van der Waals surface area contributed by atoms with Crippen molar-refractivity contribution in [3.63, 3.8) is 0 Å². The average molecular weight is 302 g/mol. The van der Waals surface area contributed by atoms with Crippen LogP contribution in [-0.2, 0) is 24.1 Å². The summed E-state index contributed by atoms with van der Waals surface area (Å²) in [5.74, 6) is -1.48. The number of hydrogen-bond acceptors (Lipinski definition) is 2. The molecule has 4 heteroatoms. The Balaban J connectivity index is 1.89. The van der Waals surface area contributed by atoms with Gasteiger partial charge in [0.2, 0.25) is 0 Å². The van der Waals surface area contributed by atoms with Crippen LogP contribution < -0.4 is 0 Å². The second-order valence-corrected chi connectivity index (χ2v) is 5.86. The summed E-state index contributed by atoms with van der Waals surface area (Å²) in [5, 5.41) is 10.2. The molecule has 0 saturated carbocycles. The first-order valence-electron chi connectivity index (χ1n) is 7.09. The SMILES string of the molecule is O=C(O)C(Cc1cccc(Cl)c1)c1ccc2c(n1)CCC2. The fraction of sp³-hybridized carbons (Fsp3) is 0.294. The number of halogens is 1. The molecule has 1 aromatic heterocycles. The molecule has 2 aromatic rings. The number of hydrogen-bond donors (Lipinski definition) is 1. The number of aliphatic carboxylic acids is 1. The van der Waals surface area contributed by atoms with Crippen molar-refractivity contribution in [2.75, 3.05) is 0 Å². The van der Waals surface area contributed by atoms with Gasteiger partial charge in [0.1, 0.15) is 5.92 Å². The molecule has 0 amide bonds. The van der Waals surface area contributed by atoms with E-state index in [0.29, 0.717) is 17.1 Å². The van der Waals surface area contributed by atoms with Crippen LogP contribution in [0.1, 0.15) is 34.9 Å². The zero-order chi connectivity index (χ0) is 14.8. The summed E-state index contributed by atoms with van der Waals surface area (Å²) >= 11 is 5.97. The Kier molecular flexibility index (Phi) is 3.93. The van der Waals surface area contributed by atoms with Crippen LogP contribution in [0.2, 0.25) is 5.02 Å². The summed E-state index contributed by atoms with van der Waals surface area (Å²) in [7, 11) is 0. The predicted octanol–water partition coefficient (Wildman–Crippen LogP) is 3.63. The highest BCUT2D eigenvalue weighted by Gasteiger charge is 2.24. The Morgan fingerprint density at radius 2 is 2.14 bits per heavy atom. The molecule has 3 rings (SSSR count). The molecular formula is C17H16ClNO2. The van der Waals surface area contributed by atoms with Crippen LogP contribution in [0.4, 0.5) is 0 Å². The summed E-state index contributed by atoms with van der Waals surface area (Å²) in [6.07, 6.45) is 3.51.